The second-order valence-corrected chi connectivity index (χ2v) is 17.7. The number of nitrogens with zero attached hydrogens (tertiary/aromatic N) is 4. The van der Waals surface area contributed by atoms with E-state index in [4.69, 9.17) is 32.4 Å². The smallest absolute Gasteiger partial charge is 0.417 e. The maximum absolute atomic E-state index is 15.5. The number of oxazole rings is 1. The van der Waals surface area contributed by atoms with Crippen molar-refractivity contribution in [3.63, 3.8) is 0 Å². The molecule has 3 fully saturated rings. The van der Waals surface area contributed by atoms with Gasteiger partial charge in [-0.05, 0) is 113 Å². The number of anilines is 2. The molecule has 324 valence electrons. The Bertz CT molecular complexity index is 2970. The molecule has 4 aliphatic rings. The molecule has 2 aromatic heterocycles. The minimum Gasteiger partial charge on any atom is -0.503 e. The number of phenols is 1. The predicted octanol–water partition coefficient (Wildman–Crippen LogP) is 9.88. The summed E-state index contributed by atoms with van der Waals surface area (Å²) >= 11 is 16.1. The Morgan fingerprint density at radius 2 is 1.67 bits per heavy atom. The quantitative estimate of drug-likeness (QED) is 0.117. The van der Waals surface area contributed by atoms with E-state index in [0.29, 0.717) is 67.2 Å². The number of carbonyl (C=O) groups excluding carboxylic acids is 4. The normalized spacial score (nSPS) is 24.2. The fraction of sp³-hybridized carbons (Fsp3) is 0.217. The molecule has 0 spiro atoms. The molecule has 2 N–H and O–H groups in total. The molecule has 2 aliphatic carbocycles. The lowest BCUT2D eigenvalue weighted by Gasteiger charge is -2.50. The van der Waals surface area contributed by atoms with Crippen LogP contribution in [0.1, 0.15) is 35.4 Å². The van der Waals surface area contributed by atoms with Gasteiger partial charge in [0.25, 0.3) is 11.8 Å². The number of allylic oxidation sites excluding steroid dienone is 2. The summed E-state index contributed by atoms with van der Waals surface area (Å²) in [5, 5.41) is 11.5. The van der Waals surface area contributed by atoms with Gasteiger partial charge in [0.15, 0.2) is 22.9 Å². The molecule has 6 atom stereocenters. The van der Waals surface area contributed by atoms with Crippen LogP contribution in [0, 0.1) is 23.7 Å². The molecule has 64 heavy (non-hydrogen) atoms. The Morgan fingerprint density at radius 1 is 0.938 bits per heavy atom. The van der Waals surface area contributed by atoms with Crippen molar-refractivity contribution in [1.82, 2.24) is 15.0 Å². The van der Waals surface area contributed by atoms with Crippen molar-refractivity contribution in [1.29, 1.82) is 0 Å². The van der Waals surface area contributed by atoms with Crippen molar-refractivity contribution in [2.24, 2.45) is 23.7 Å². The maximum atomic E-state index is 15.5. The first-order chi connectivity index (χ1) is 30.6. The first-order valence-electron chi connectivity index (χ1n) is 19.9. The molecule has 4 amide bonds. The number of pyridine rings is 1. The van der Waals surface area contributed by atoms with Crippen LogP contribution < -0.4 is 15.1 Å². The summed E-state index contributed by atoms with van der Waals surface area (Å²) in [6.07, 6.45) is -2.38. The summed E-state index contributed by atoms with van der Waals surface area (Å²) in [5.41, 5.74) is 3.25. The van der Waals surface area contributed by atoms with Crippen LogP contribution in [0.5, 0.6) is 11.5 Å². The molecule has 10 rings (SSSR count). The molecule has 0 bridgehead atoms. The Kier molecular flexibility index (Phi) is 9.92. The monoisotopic (exact) mass is 971 g/mol. The molecule has 12 nitrogen and oxygen atoms in total. The SMILES string of the molecule is COc1cc([C@H]2C3=CC[C@@H]4C(=O)N(c5ccc(-c6nc7ccccc7o6)cc5)C(=O)[C@@H]4[C@@H]3C[C@H]3C(=O)N(Nc4ncc(C(F)(F)F)cc4Cl)C(=O)[C@@]23c2ccc(Cl)cc2)cc(Br)c1O. The van der Waals surface area contributed by atoms with E-state index in [9.17, 15) is 27.9 Å². The highest BCUT2D eigenvalue weighted by atomic mass is 79.9. The van der Waals surface area contributed by atoms with Crippen LogP contribution >= 0.6 is 39.1 Å². The summed E-state index contributed by atoms with van der Waals surface area (Å²) in [6.45, 7) is 0. The van der Waals surface area contributed by atoms with Crippen molar-refractivity contribution in [3.8, 4) is 23.0 Å². The number of aromatic hydroxyl groups is 1. The van der Waals surface area contributed by atoms with Crippen LogP contribution in [0.15, 0.2) is 118 Å². The van der Waals surface area contributed by atoms with Crippen LogP contribution in [0.4, 0.5) is 24.7 Å². The lowest BCUT2D eigenvalue weighted by Crippen LogP contribution is -2.53. The average Bonchev–Trinajstić information content (AvgIpc) is 3.89. The van der Waals surface area contributed by atoms with Crippen LogP contribution in [-0.2, 0) is 30.8 Å². The molecule has 18 heteroatoms. The van der Waals surface area contributed by atoms with Gasteiger partial charge >= 0.3 is 6.18 Å². The van der Waals surface area contributed by atoms with Crippen molar-refractivity contribution in [3.05, 3.63) is 140 Å². The summed E-state index contributed by atoms with van der Waals surface area (Å²) in [4.78, 5) is 69.4. The van der Waals surface area contributed by atoms with E-state index < -0.39 is 81.2 Å². The number of benzene rings is 4. The summed E-state index contributed by atoms with van der Waals surface area (Å²) in [6, 6.07) is 24.2. The van der Waals surface area contributed by atoms with Gasteiger partial charge in [-0.2, -0.15) is 18.2 Å². The van der Waals surface area contributed by atoms with Gasteiger partial charge in [-0.3, -0.25) is 29.5 Å². The minimum absolute atomic E-state index is 0.0377. The number of hydrazine groups is 1. The number of methoxy groups -OCH3 is 1. The van der Waals surface area contributed by atoms with Crippen molar-refractivity contribution < 1.29 is 46.6 Å². The van der Waals surface area contributed by atoms with E-state index in [1.165, 1.54) is 7.11 Å². The Labute approximate surface area is 379 Å². The Morgan fingerprint density at radius 3 is 2.36 bits per heavy atom. The number of halogens is 6. The van der Waals surface area contributed by atoms with Crippen LogP contribution in [-0.4, -0.2) is 50.8 Å². The van der Waals surface area contributed by atoms with Crippen molar-refractivity contribution >= 4 is 85.4 Å². The fourth-order valence-corrected chi connectivity index (χ4v) is 10.9. The van der Waals surface area contributed by atoms with Gasteiger partial charge in [0.05, 0.1) is 51.0 Å². The third-order valence-corrected chi connectivity index (χ3v) is 14.0. The molecule has 6 aromatic rings. The number of nitrogens with one attached hydrogen (secondary N) is 1. The molecule has 1 saturated carbocycles. The molecule has 4 heterocycles. The summed E-state index contributed by atoms with van der Waals surface area (Å²) < 4.78 is 52.5. The van der Waals surface area contributed by atoms with Crippen LogP contribution in [0.2, 0.25) is 10.0 Å². The zero-order valence-corrected chi connectivity index (χ0v) is 36.2. The number of ether oxygens (including phenoxy) is 1. The number of imide groups is 2. The van der Waals surface area contributed by atoms with E-state index in [2.05, 4.69) is 31.3 Å². The van der Waals surface area contributed by atoms with Crippen LogP contribution in [0.25, 0.3) is 22.6 Å². The van der Waals surface area contributed by atoms with E-state index in [0.717, 1.165) is 4.90 Å². The Hall–Kier alpha value is -6.23. The number of carbonyl (C=O) groups is 4. The number of rotatable bonds is 7. The number of para-hydroxylation sites is 2. The second kappa shape index (κ2) is 15.2. The van der Waals surface area contributed by atoms with Gasteiger partial charge in [0.2, 0.25) is 17.7 Å². The number of aromatic nitrogens is 2. The van der Waals surface area contributed by atoms with Crippen LogP contribution in [0.3, 0.4) is 0 Å². The van der Waals surface area contributed by atoms with Gasteiger partial charge in [0.1, 0.15) is 5.52 Å². The van der Waals surface area contributed by atoms with Crippen molar-refractivity contribution in [2.75, 3.05) is 17.4 Å². The van der Waals surface area contributed by atoms with E-state index in [1.54, 1.807) is 66.7 Å². The number of hydrogen-bond donors (Lipinski definition) is 2. The highest BCUT2D eigenvalue weighted by Gasteiger charge is 2.70. The zero-order valence-electron chi connectivity index (χ0n) is 33.1. The molecule has 2 saturated heterocycles. The third-order valence-electron chi connectivity index (χ3n) is 12.8. The number of hydrogen-bond acceptors (Lipinski definition) is 10. The molecule has 2 aliphatic heterocycles. The first kappa shape index (κ1) is 41.8. The molecule has 0 unspecified atom stereocenters. The van der Waals surface area contributed by atoms with E-state index in [-0.39, 0.29) is 28.8 Å². The lowest BCUT2D eigenvalue weighted by atomic mass is 9.49. The van der Waals surface area contributed by atoms with Gasteiger partial charge in [-0.25, -0.2) is 9.97 Å². The molecular weight excluding hydrogens is 942 g/mol. The van der Waals surface area contributed by atoms with Gasteiger partial charge < -0.3 is 14.3 Å². The standard InChI is InChI=1S/C46H31BrCl2F3N5O7/c1-63-35-17-22(16-31(47)38(35)58)37-27-14-15-28-36(43(61)56(41(28)59)26-12-6-21(7-13-26)40-54-33-4-2-3-5-34(33)64-40)29(27)19-30-42(60)57(44(62)45(30,37)23-8-10-25(48)11-9-23)55-39-32(49)18-24(20-53-39)46(50,51)52/h2-14,16-18,20,28-30,36-37,58H,15,19H2,1H3,(H,53,55)/t28-,29+,30-,36-,37-,45+/m0/s1. The summed E-state index contributed by atoms with van der Waals surface area (Å²) in [7, 11) is 1.35. The fourth-order valence-electron chi connectivity index (χ4n) is 10.1. The topological polar surface area (TPSA) is 155 Å². The minimum atomic E-state index is -4.78. The van der Waals surface area contributed by atoms with Gasteiger partial charge in [0, 0.05) is 22.7 Å². The molecule has 0 radical (unpaired) electrons. The van der Waals surface area contributed by atoms with Gasteiger partial charge in [-0.1, -0.05) is 59.1 Å². The molecular formula is C46H31BrCl2F3N5O7. The van der Waals surface area contributed by atoms with E-state index in [1.807, 2.05) is 24.3 Å². The number of alkyl halides is 3. The highest BCUT2D eigenvalue weighted by Crippen LogP contribution is 2.65. The number of amides is 4. The number of phenolic OH excluding ortho intramolecular Hbond substituents is 1. The lowest BCUT2D eigenvalue weighted by molar-refractivity contribution is -0.139. The molecule has 4 aromatic carbocycles. The predicted molar refractivity (Wildman–Crippen MR) is 231 cm³/mol. The maximum Gasteiger partial charge on any atom is 0.417 e. The first-order valence-corrected chi connectivity index (χ1v) is 21.4. The van der Waals surface area contributed by atoms with E-state index >= 15 is 9.59 Å². The summed E-state index contributed by atoms with van der Waals surface area (Å²) in [5.74, 6) is -7.60. The third kappa shape index (κ3) is 6.31. The zero-order chi connectivity index (χ0) is 45.0. The Balaban J connectivity index is 1.09. The van der Waals surface area contributed by atoms with Crippen molar-refractivity contribution in [2.45, 2.75) is 30.4 Å². The largest absolute Gasteiger partial charge is 0.503 e. The highest BCUT2D eigenvalue weighted by molar-refractivity contribution is 9.10. The van der Waals surface area contributed by atoms with Gasteiger partial charge in [-0.15, -0.1) is 0 Å². The second-order valence-electron chi connectivity index (χ2n) is 16.0. The average molecular weight is 974 g/mol. The number of fused-ring (bicyclic) bond motifs is 5.